The molecule has 1 heterocycles. The monoisotopic (exact) mass is 368 g/mol. The molecule has 0 aliphatic rings. The van der Waals surface area contributed by atoms with Crippen LogP contribution in [-0.4, -0.2) is 9.55 Å². The smallest absolute Gasteiger partial charge is 0.117 e. The highest BCUT2D eigenvalue weighted by Crippen LogP contribution is 2.28. The van der Waals surface area contributed by atoms with Gasteiger partial charge in [-0.2, -0.15) is 0 Å². The molecule has 4 aromatic rings. The molecule has 0 amide bonds. The van der Waals surface area contributed by atoms with E-state index in [4.69, 9.17) is 4.98 Å². The standard InChI is InChI=1S/C26H28N2/c1-19(2)17-21-13-15-23(16-14-21)20(3)26-27-24-11-7-8-12-25(24)28(26)18-22-9-5-4-6-10-22/h4-16,19-20H,17-18H2,1-3H3/t20-/m1/s1. The Labute approximate surface area is 167 Å². The Morgan fingerprint density at radius 2 is 1.43 bits per heavy atom. The van der Waals surface area contributed by atoms with Crippen molar-refractivity contribution in [2.24, 2.45) is 5.92 Å². The second-order valence-corrected chi connectivity index (χ2v) is 8.09. The summed E-state index contributed by atoms with van der Waals surface area (Å²) in [5, 5.41) is 0. The first-order valence-electron chi connectivity index (χ1n) is 10.2. The molecule has 142 valence electrons. The van der Waals surface area contributed by atoms with Crippen LogP contribution < -0.4 is 0 Å². The van der Waals surface area contributed by atoms with Gasteiger partial charge in [0.1, 0.15) is 5.82 Å². The van der Waals surface area contributed by atoms with Crippen LogP contribution in [-0.2, 0) is 13.0 Å². The van der Waals surface area contributed by atoms with Crippen molar-refractivity contribution in [1.29, 1.82) is 0 Å². The minimum Gasteiger partial charge on any atom is -0.323 e. The zero-order chi connectivity index (χ0) is 19.5. The SMILES string of the molecule is CC(C)Cc1ccc([C@@H](C)c2nc3ccccc3n2Cc2ccccc2)cc1. The van der Waals surface area contributed by atoms with Crippen LogP contribution >= 0.6 is 0 Å². The van der Waals surface area contributed by atoms with Crippen molar-refractivity contribution in [2.75, 3.05) is 0 Å². The van der Waals surface area contributed by atoms with Crippen molar-refractivity contribution in [3.63, 3.8) is 0 Å². The number of nitrogens with zero attached hydrogens (tertiary/aromatic N) is 2. The van der Waals surface area contributed by atoms with Crippen molar-refractivity contribution in [1.82, 2.24) is 9.55 Å². The van der Waals surface area contributed by atoms with Crippen LogP contribution in [0.2, 0.25) is 0 Å². The van der Waals surface area contributed by atoms with Crippen molar-refractivity contribution in [3.8, 4) is 0 Å². The number of rotatable bonds is 6. The molecular formula is C26H28N2. The summed E-state index contributed by atoms with van der Waals surface area (Å²) in [7, 11) is 0. The fraction of sp³-hybridized carbons (Fsp3) is 0.269. The van der Waals surface area contributed by atoms with E-state index in [0.29, 0.717) is 5.92 Å². The molecule has 1 aromatic heterocycles. The average molecular weight is 369 g/mol. The second-order valence-electron chi connectivity index (χ2n) is 8.09. The summed E-state index contributed by atoms with van der Waals surface area (Å²) in [6, 6.07) is 28.2. The lowest BCUT2D eigenvalue weighted by Crippen LogP contribution is -2.09. The molecule has 0 fully saturated rings. The zero-order valence-electron chi connectivity index (χ0n) is 17.0. The van der Waals surface area contributed by atoms with Gasteiger partial charge in [-0.25, -0.2) is 4.98 Å². The largest absolute Gasteiger partial charge is 0.323 e. The van der Waals surface area contributed by atoms with Gasteiger partial charge >= 0.3 is 0 Å². The molecule has 2 nitrogen and oxygen atoms in total. The van der Waals surface area contributed by atoms with Crippen LogP contribution in [0.25, 0.3) is 11.0 Å². The van der Waals surface area contributed by atoms with E-state index in [1.807, 2.05) is 0 Å². The van der Waals surface area contributed by atoms with E-state index in [0.717, 1.165) is 24.3 Å². The van der Waals surface area contributed by atoms with Gasteiger partial charge < -0.3 is 4.57 Å². The quantitative estimate of drug-likeness (QED) is 0.383. The van der Waals surface area contributed by atoms with E-state index < -0.39 is 0 Å². The average Bonchev–Trinajstić information content (AvgIpc) is 3.07. The van der Waals surface area contributed by atoms with Gasteiger partial charge in [-0.3, -0.25) is 0 Å². The van der Waals surface area contributed by atoms with Gasteiger partial charge in [0.15, 0.2) is 0 Å². The number of hydrogen-bond acceptors (Lipinski definition) is 1. The van der Waals surface area contributed by atoms with Gasteiger partial charge in [-0.1, -0.05) is 87.5 Å². The van der Waals surface area contributed by atoms with E-state index in [2.05, 4.69) is 104 Å². The maximum atomic E-state index is 5.02. The first-order valence-corrected chi connectivity index (χ1v) is 10.2. The summed E-state index contributed by atoms with van der Waals surface area (Å²) >= 11 is 0. The van der Waals surface area contributed by atoms with Crippen molar-refractivity contribution >= 4 is 11.0 Å². The number of benzene rings is 3. The van der Waals surface area contributed by atoms with Crippen molar-refractivity contribution in [3.05, 3.63) is 101 Å². The van der Waals surface area contributed by atoms with Gasteiger partial charge in [0.2, 0.25) is 0 Å². The van der Waals surface area contributed by atoms with E-state index in [1.54, 1.807) is 0 Å². The highest BCUT2D eigenvalue weighted by Gasteiger charge is 2.18. The van der Waals surface area contributed by atoms with E-state index in [9.17, 15) is 0 Å². The van der Waals surface area contributed by atoms with Crippen LogP contribution in [0, 0.1) is 5.92 Å². The molecule has 2 heteroatoms. The number of imidazole rings is 1. The Balaban J connectivity index is 1.72. The normalized spacial score (nSPS) is 12.6. The van der Waals surface area contributed by atoms with Gasteiger partial charge in [0, 0.05) is 12.5 Å². The van der Waals surface area contributed by atoms with Crippen LogP contribution in [0.5, 0.6) is 0 Å². The molecule has 1 atom stereocenters. The first kappa shape index (κ1) is 18.5. The van der Waals surface area contributed by atoms with E-state index in [-0.39, 0.29) is 5.92 Å². The fourth-order valence-electron chi connectivity index (χ4n) is 3.92. The molecule has 0 spiro atoms. The fourth-order valence-corrected chi connectivity index (χ4v) is 3.92. The minimum atomic E-state index is 0.240. The molecule has 0 unspecified atom stereocenters. The van der Waals surface area contributed by atoms with Gasteiger partial charge in [0.05, 0.1) is 11.0 Å². The molecule has 28 heavy (non-hydrogen) atoms. The Morgan fingerprint density at radius 1 is 0.750 bits per heavy atom. The Bertz CT molecular complexity index is 1040. The highest BCUT2D eigenvalue weighted by molar-refractivity contribution is 5.76. The molecule has 3 aromatic carbocycles. The summed E-state index contributed by atoms with van der Waals surface area (Å²) < 4.78 is 2.37. The lowest BCUT2D eigenvalue weighted by molar-refractivity contribution is 0.646. The molecule has 0 saturated heterocycles. The number of para-hydroxylation sites is 2. The minimum absolute atomic E-state index is 0.240. The van der Waals surface area contributed by atoms with Crippen molar-refractivity contribution < 1.29 is 0 Å². The summed E-state index contributed by atoms with van der Waals surface area (Å²) in [5.41, 5.74) is 6.29. The summed E-state index contributed by atoms with van der Waals surface area (Å²) in [6.07, 6.45) is 1.13. The summed E-state index contributed by atoms with van der Waals surface area (Å²) in [5.74, 6) is 2.05. The molecule has 0 N–H and O–H groups in total. The maximum Gasteiger partial charge on any atom is 0.117 e. The molecule has 0 aliphatic carbocycles. The molecule has 0 radical (unpaired) electrons. The van der Waals surface area contributed by atoms with Crippen LogP contribution in [0.3, 0.4) is 0 Å². The highest BCUT2D eigenvalue weighted by atomic mass is 15.1. The van der Waals surface area contributed by atoms with Crippen LogP contribution in [0.15, 0.2) is 78.9 Å². The van der Waals surface area contributed by atoms with E-state index in [1.165, 1.54) is 22.2 Å². The maximum absolute atomic E-state index is 5.02. The molecule has 0 aliphatic heterocycles. The van der Waals surface area contributed by atoms with E-state index >= 15 is 0 Å². The topological polar surface area (TPSA) is 17.8 Å². The lowest BCUT2D eigenvalue weighted by atomic mass is 9.96. The third kappa shape index (κ3) is 3.87. The van der Waals surface area contributed by atoms with Crippen molar-refractivity contribution in [2.45, 2.75) is 39.7 Å². The zero-order valence-corrected chi connectivity index (χ0v) is 17.0. The predicted octanol–water partition coefficient (Wildman–Crippen LogP) is 6.43. The molecule has 4 rings (SSSR count). The second kappa shape index (κ2) is 8.02. The molecule has 0 bridgehead atoms. The number of hydrogen-bond donors (Lipinski definition) is 0. The van der Waals surface area contributed by atoms with Gasteiger partial charge in [0.25, 0.3) is 0 Å². The lowest BCUT2D eigenvalue weighted by Gasteiger charge is -2.16. The summed E-state index contributed by atoms with van der Waals surface area (Å²) in [6.45, 7) is 7.64. The molecule has 0 saturated carbocycles. The van der Waals surface area contributed by atoms with Crippen LogP contribution in [0.1, 0.15) is 49.2 Å². The summed E-state index contributed by atoms with van der Waals surface area (Å²) in [4.78, 5) is 5.02. The number of fused-ring (bicyclic) bond motifs is 1. The number of aromatic nitrogens is 2. The Hall–Kier alpha value is -2.87. The van der Waals surface area contributed by atoms with Gasteiger partial charge in [-0.05, 0) is 41.2 Å². The first-order chi connectivity index (χ1) is 13.6. The third-order valence-corrected chi connectivity index (χ3v) is 5.38. The Morgan fingerprint density at radius 3 is 2.14 bits per heavy atom. The van der Waals surface area contributed by atoms with Crippen LogP contribution in [0.4, 0.5) is 0 Å². The third-order valence-electron chi connectivity index (χ3n) is 5.38. The van der Waals surface area contributed by atoms with Gasteiger partial charge in [-0.15, -0.1) is 0 Å². The Kier molecular flexibility index (Phi) is 5.29. The molecular weight excluding hydrogens is 340 g/mol. The predicted molar refractivity (Wildman–Crippen MR) is 118 cm³/mol.